The van der Waals surface area contributed by atoms with Crippen LogP contribution in [0.5, 0.6) is 0 Å². The third-order valence-corrected chi connectivity index (χ3v) is 13.9. The molecule has 170 valence electrons. The van der Waals surface area contributed by atoms with Gasteiger partial charge in [0.05, 0.1) is 5.60 Å². The molecule has 2 fully saturated rings. The van der Waals surface area contributed by atoms with Gasteiger partial charge in [0, 0.05) is 5.88 Å². The first-order chi connectivity index (χ1) is 13.7. The van der Waals surface area contributed by atoms with Crippen molar-refractivity contribution in [3.05, 3.63) is 11.6 Å². The zero-order valence-electron chi connectivity index (χ0n) is 20.6. The lowest BCUT2D eigenvalue weighted by atomic mass is 9.61. The lowest BCUT2D eigenvalue weighted by molar-refractivity contribution is 0.0704. The van der Waals surface area contributed by atoms with Crippen LogP contribution in [0.25, 0.3) is 0 Å². The van der Waals surface area contributed by atoms with Crippen LogP contribution in [-0.2, 0) is 4.43 Å². The van der Waals surface area contributed by atoms with Crippen LogP contribution < -0.4 is 0 Å². The summed E-state index contributed by atoms with van der Waals surface area (Å²) in [5, 5.41) is 0. The fraction of sp³-hybridized carbons (Fsp3) is 0.923. The number of rotatable bonds is 11. The Hall–Kier alpha value is 0.207. The molecular formula is C26H49ClOSi. The van der Waals surface area contributed by atoms with E-state index in [2.05, 4.69) is 54.5 Å². The van der Waals surface area contributed by atoms with E-state index in [1.807, 2.05) is 0 Å². The van der Waals surface area contributed by atoms with E-state index in [-0.39, 0.29) is 5.60 Å². The molecule has 3 heteroatoms. The molecule has 2 saturated carbocycles. The quantitative estimate of drug-likeness (QED) is 0.177. The second-order valence-electron chi connectivity index (χ2n) is 11.0. The van der Waals surface area contributed by atoms with Crippen molar-refractivity contribution in [2.24, 2.45) is 23.2 Å². The smallest absolute Gasteiger partial charge is 0.192 e. The SMILES string of the molecule is CC[Si](CC)(CC)OC(C)(C)CCC[C@@H](C)[C@H]1CC[C@H]2/C(=C/CCl)CCC[C@]12C. The van der Waals surface area contributed by atoms with E-state index >= 15 is 0 Å². The lowest BCUT2D eigenvalue weighted by Gasteiger charge is -2.44. The van der Waals surface area contributed by atoms with Crippen molar-refractivity contribution >= 4 is 19.9 Å². The van der Waals surface area contributed by atoms with Crippen LogP contribution >= 0.6 is 11.6 Å². The van der Waals surface area contributed by atoms with Crippen LogP contribution in [-0.4, -0.2) is 19.8 Å². The van der Waals surface area contributed by atoms with E-state index in [1.165, 1.54) is 69.5 Å². The Morgan fingerprint density at radius 1 is 1.21 bits per heavy atom. The van der Waals surface area contributed by atoms with Gasteiger partial charge in [0.1, 0.15) is 0 Å². The first-order valence-corrected chi connectivity index (χ1v) is 15.7. The third-order valence-electron chi connectivity index (χ3n) is 8.93. The van der Waals surface area contributed by atoms with Crippen molar-refractivity contribution in [2.75, 3.05) is 5.88 Å². The maximum atomic E-state index is 6.85. The molecule has 0 heterocycles. The fourth-order valence-electron chi connectivity index (χ4n) is 7.01. The van der Waals surface area contributed by atoms with Crippen LogP contribution in [0, 0.1) is 23.2 Å². The van der Waals surface area contributed by atoms with Crippen molar-refractivity contribution in [2.45, 2.75) is 124 Å². The Morgan fingerprint density at radius 2 is 1.86 bits per heavy atom. The van der Waals surface area contributed by atoms with Gasteiger partial charge in [-0.15, -0.1) is 11.6 Å². The summed E-state index contributed by atoms with van der Waals surface area (Å²) in [4.78, 5) is 0. The van der Waals surface area contributed by atoms with E-state index in [0.29, 0.717) is 11.3 Å². The molecule has 2 aliphatic rings. The van der Waals surface area contributed by atoms with Crippen molar-refractivity contribution in [1.29, 1.82) is 0 Å². The second kappa shape index (κ2) is 10.7. The molecule has 0 radical (unpaired) electrons. The van der Waals surface area contributed by atoms with Crippen molar-refractivity contribution < 1.29 is 4.43 Å². The molecule has 4 atom stereocenters. The molecule has 29 heavy (non-hydrogen) atoms. The summed E-state index contributed by atoms with van der Waals surface area (Å²) in [6.45, 7) is 16.8. The van der Waals surface area contributed by atoms with Crippen molar-refractivity contribution in [1.82, 2.24) is 0 Å². The Balaban J connectivity index is 1.92. The Bertz CT molecular complexity index is 531. The van der Waals surface area contributed by atoms with E-state index < -0.39 is 8.32 Å². The van der Waals surface area contributed by atoms with Crippen LogP contribution in [0.3, 0.4) is 0 Å². The first kappa shape index (κ1) is 25.5. The highest BCUT2D eigenvalue weighted by atomic mass is 35.5. The van der Waals surface area contributed by atoms with Gasteiger partial charge in [0.2, 0.25) is 0 Å². The maximum absolute atomic E-state index is 6.85. The molecule has 0 aromatic carbocycles. The summed E-state index contributed by atoms with van der Waals surface area (Å²) in [6.07, 6.45) is 13.1. The summed E-state index contributed by atoms with van der Waals surface area (Å²) in [7, 11) is -1.52. The molecule has 0 bridgehead atoms. The largest absolute Gasteiger partial charge is 0.412 e. The average Bonchev–Trinajstić information content (AvgIpc) is 3.04. The van der Waals surface area contributed by atoms with E-state index in [0.717, 1.165) is 17.8 Å². The molecule has 0 spiro atoms. The van der Waals surface area contributed by atoms with Crippen LogP contribution in [0.1, 0.15) is 99.8 Å². The van der Waals surface area contributed by atoms with Gasteiger partial charge in [0.25, 0.3) is 0 Å². The molecule has 0 aromatic heterocycles. The summed E-state index contributed by atoms with van der Waals surface area (Å²) in [5.74, 6) is 3.19. The molecule has 2 aliphatic carbocycles. The Kier molecular flexibility index (Phi) is 9.38. The normalized spacial score (nSPS) is 30.6. The Morgan fingerprint density at radius 3 is 2.45 bits per heavy atom. The predicted octanol–water partition coefficient (Wildman–Crippen LogP) is 8.97. The summed E-state index contributed by atoms with van der Waals surface area (Å²) in [5.41, 5.74) is 2.23. The van der Waals surface area contributed by atoms with Crippen molar-refractivity contribution in [3.63, 3.8) is 0 Å². The molecule has 0 aliphatic heterocycles. The van der Waals surface area contributed by atoms with Crippen LogP contribution in [0.2, 0.25) is 18.1 Å². The highest BCUT2D eigenvalue weighted by Crippen LogP contribution is 2.59. The van der Waals surface area contributed by atoms with Gasteiger partial charge in [-0.2, -0.15) is 0 Å². The third kappa shape index (κ3) is 5.92. The molecule has 0 N–H and O–H groups in total. The fourth-order valence-corrected chi connectivity index (χ4v) is 10.4. The number of hydrogen-bond donors (Lipinski definition) is 0. The molecule has 1 nitrogen and oxygen atoms in total. The van der Waals surface area contributed by atoms with Crippen molar-refractivity contribution in [3.8, 4) is 0 Å². The standard InChI is InChI=1S/C26H49ClOSi/c1-8-29(9-2,10-3)28-25(5,6)18-11-13-21(4)23-15-16-24-22(17-20-27)14-12-19-26(23,24)7/h17,21,23-24H,8-16,18-20H2,1-7H3/b22-17+/t21-,23-,24+,26-/m1/s1. The zero-order chi connectivity index (χ0) is 21.7. The lowest BCUT2D eigenvalue weighted by Crippen LogP contribution is -2.44. The molecular weight excluding hydrogens is 392 g/mol. The first-order valence-electron chi connectivity index (χ1n) is 12.6. The Labute approximate surface area is 188 Å². The molecule has 0 saturated heterocycles. The minimum absolute atomic E-state index is 0.0389. The average molecular weight is 441 g/mol. The van der Waals surface area contributed by atoms with Gasteiger partial charge in [-0.1, -0.05) is 59.1 Å². The van der Waals surface area contributed by atoms with Gasteiger partial charge in [-0.3, -0.25) is 0 Å². The monoisotopic (exact) mass is 440 g/mol. The summed E-state index contributed by atoms with van der Waals surface area (Å²) < 4.78 is 6.85. The van der Waals surface area contributed by atoms with E-state index in [4.69, 9.17) is 16.0 Å². The molecule has 0 amide bonds. The predicted molar refractivity (Wildman–Crippen MR) is 132 cm³/mol. The van der Waals surface area contributed by atoms with Crippen LogP contribution in [0.15, 0.2) is 11.6 Å². The zero-order valence-corrected chi connectivity index (χ0v) is 22.3. The molecule has 0 aromatic rings. The number of halogens is 1. The summed E-state index contributed by atoms with van der Waals surface area (Å²) in [6, 6.07) is 3.75. The van der Waals surface area contributed by atoms with Gasteiger partial charge in [-0.05, 0) is 93.7 Å². The maximum Gasteiger partial charge on any atom is 0.192 e. The highest BCUT2D eigenvalue weighted by molar-refractivity contribution is 6.73. The van der Waals surface area contributed by atoms with Gasteiger partial charge >= 0.3 is 0 Å². The number of allylic oxidation sites excluding steroid dienone is 2. The topological polar surface area (TPSA) is 9.23 Å². The molecule has 2 rings (SSSR count). The number of hydrogen-bond acceptors (Lipinski definition) is 1. The molecule has 0 unspecified atom stereocenters. The second-order valence-corrected chi connectivity index (χ2v) is 16.0. The minimum atomic E-state index is -1.52. The van der Waals surface area contributed by atoms with Gasteiger partial charge < -0.3 is 4.43 Å². The minimum Gasteiger partial charge on any atom is -0.412 e. The number of alkyl halides is 1. The number of fused-ring (bicyclic) bond motifs is 1. The van der Waals surface area contributed by atoms with E-state index in [1.54, 1.807) is 5.57 Å². The van der Waals surface area contributed by atoms with Crippen LogP contribution in [0.4, 0.5) is 0 Å². The van der Waals surface area contributed by atoms with Gasteiger partial charge in [0.15, 0.2) is 8.32 Å². The van der Waals surface area contributed by atoms with E-state index in [9.17, 15) is 0 Å². The highest BCUT2D eigenvalue weighted by Gasteiger charge is 2.50. The van der Waals surface area contributed by atoms with Gasteiger partial charge in [-0.25, -0.2) is 0 Å². The summed E-state index contributed by atoms with van der Waals surface area (Å²) >= 11 is 6.07.